The third-order valence-electron chi connectivity index (χ3n) is 3.89. The van der Waals surface area contributed by atoms with Crippen molar-refractivity contribution in [3.8, 4) is 0 Å². The van der Waals surface area contributed by atoms with Gasteiger partial charge in [-0.25, -0.2) is 0 Å². The molecule has 0 bridgehead atoms. The summed E-state index contributed by atoms with van der Waals surface area (Å²) in [6.07, 6.45) is 2.66. The second-order valence-electron chi connectivity index (χ2n) is 6.01. The van der Waals surface area contributed by atoms with Crippen molar-refractivity contribution in [2.45, 2.75) is 39.0 Å². The van der Waals surface area contributed by atoms with E-state index in [9.17, 15) is 4.79 Å². The summed E-state index contributed by atoms with van der Waals surface area (Å²) in [6, 6.07) is 8.13. The van der Waals surface area contributed by atoms with E-state index in [1.807, 2.05) is 17.0 Å². The van der Waals surface area contributed by atoms with E-state index < -0.39 is 0 Å². The smallest absolute Gasteiger partial charge is 0.224 e. The highest BCUT2D eigenvalue weighted by molar-refractivity contribution is 14.0. The number of anilines is 1. The van der Waals surface area contributed by atoms with Gasteiger partial charge >= 0.3 is 0 Å². The van der Waals surface area contributed by atoms with E-state index in [2.05, 4.69) is 36.3 Å². The van der Waals surface area contributed by atoms with E-state index in [0.717, 1.165) is 31.6 Å². The number of hydrogen-bond acceptors (Lipinski definition) is 2. The SMILES string of the molecule is CC(C)c1cccc(NC(N)=NCCC(=O)N2CCCC2)c1.I. The van der Waals surface area contributed by atoms with Gasteiger partial charge < -0.3 is 16.0 Å². The fraction of sp³-hybridized carbons (Fsp3) is 0.529. The molecule has 0 saturated carbocycles. The van der Waals surface area contributed by atoms with Crippen molar-refractivity contribution in [3.63, 3.8) is 0 Å². The number of amides is 1. The lowest BCUT2D eigenvalue weighted by atomic mass is 10.0. The van der Waals surface area contributed by atoms with E-state index in [4.69, 9.17) is 5.73 Å². The maximum Gasteiger partial charge on any atom is 0.224 e. The van der Waals surface area contributed by atoms with E-state index in [1.165, 1.54) is 5.56 Å². The van der Waals surface area contributed by atoms with Gasteiger partial charge in [0.05, 0.1) is 6.54 Å². The number of benzene rings is 1. The summed E-state index contributed by atoms with van der Waals surface area (Å²) in [7, 11) is 0. The summed E-state index contributed by atoms with van der Waals surface area (Å²) >= 11 is 0. The molecule has 128 valence electrons. The van der Waals surface area contributed by atoms with Crippen LogP contribution in [-0.4, -0.2) is 36.4 Å². The molecule has 1 saturated heterocycles. The molecule has 3 N–H and O–H groups in total. The minimum absolute atomic E-state index is 0. The Bertz CT molecular complexity index is 539. The van der Waals surface area contributed by atoms with E-state index in [1.54, 1.807) is 0 Å². The average Bonchev–Trinajstić information content (AvgIpc) is 3.01. The van der Waals surface area contributed by atoms with Gasteiger partial charge in [0.25, 0.3) is 0 Å². The standard InChI is InChI=1S/C17H26N4O.HI/c1-13(2)14-6-5-7-15(12-14)20-17(18)19-9-8-16(22)21-10-3-4-11-21;/h5-7,12-13H,3-4,8-11H2,1-2H3,(H3,18,19,20);1H. The molecule has 0 spiro atoms. The van der Waals surface area contributed by atoms with Gasteiger partial charge in [-0.3, -0.25) is 9.79 Å². The topological polar surface area (TPSA) is 70.7 Å². The Morgan fingerprint density at radius 2 is 2.04 bits per heavy atom. The normalized spacial score (nSPS) is 14.7. The molecule has 5 nitrogen and oxygen atoms in total. The van der Waals surface area contributed by atoms with Crippen molar-refractivity contribution in [2.75, 3.05) is 25.0 Å². The lowest BCUT2D eigenvalue weighted by Gasteiger charge is -2.14. The number of hydrogen-bond donors (Lipinski definition) is 2. The number of nitrogens with two attached hydrogens (primary N) is 1. The molecule has 0 aliphatic carbocycles. The zero-order chi connectivity index (χ0) is 15.9. The molecule has 1 fully saturated rings. The first-order chi connectivity index (χ1) is 10.6. The van der Waals surface area contributed by atoms with Gasteiger partial charge in [0, 0.05) is 25.2 Å². The van der Waals surface area contributed by atoms with Crippen LogP contribution in [0.1, 0.15) is 44.6 Å². The number of halogens is 1. The van der Waals surface area contributed by atoms with Gasteiger partial charge in [-0.2, -0.15) is 0 Å². The Kier molecular flexibility index (Phi) is 8.36. The van der Waals surface area contributed by atoms with Crippen LogP contribution in [0.25, 0.3) is 0 Å². The first-order valence-corrected chi connectivity index (χ1v) is 8.01. The molecular formula is C17H27IN4O. The molecule has 1 aromatic rings. The number of rotatable bonds is 5. The molecule has 0 atom stereocenters. The molecule has 23 heavy (non-hydrogen) atoms. The van der Waals surface area contributed by atoms with Crippen molar-refractivity contribution >= 4 is 41.5 Å². The number of aliphatic imine (C=N–C) groups is 1. The van der Waals surface area contributed by atoms with Crippen LogP contribution in [0.5, 0.6) is 0 Å². The molecule has 0 unspecified atom stereocenters. The summed E-state index contributed by atoms with van der Waals surface area (Å²) in [5.74, 6) is 1.00. The maximum absolute atomic E-state index is 11.9. The molecule has 1 aromatic carbocycles. The van der Waals surface area contributed by atoms with Crippen LogP contribution in [0.4, 0.5) is 5.69 Å². The zero-order valence-electron chi connectivity index (χ0n) is 13.9. The lowest BCUT2D eigenvalue weighted by molar-refractivity contribution is -0.129. The highest BCUT2D eigenvalue weighted by Crippen LogP contribution is 2.18. The van der Waals surface area contributed by atoms with E-state index in [-0.39, 0.29) is 29.9 Å². The van der Waals surface area contributed by atoms with Crippen LogP contribution < -0.4 is 11.1 Å². The van der Waals surface area contributed by atoms with Gasteiger partial charge in [-0.15, -0.1) is 24.0 Å². The molecular weight excluding hydrogens is 403 g/mol. The summed E-state index contributed by atoms with van der Waals surface area (Å²) in [4.78, 5) is 18.0. The highest BCUT2D eigenvalue weighted by atomic mass is 127. The fourth-order valence-electron chi connectivity index (χ4n) is 2.56. The molecule has 1 aliphatic rings. The highest BCUT2D eigenvalue weighted by Gasteiger charge is 2.16. The number of nitrogens with one attached hydrogen (secondary N) is 1. The summed E-state index contributed by atoms with van der Waals surface area (Å²) < 4.78 is 0. The summed E-state index contributed by atoms with van der Waals surface area (Å²) in [5, 5.41) is 3.08. The first-order valence-electron chi connectivity index (χ1n) is 8.01. The van der Waals surface area contributed by atoms with Gasteiger partial charge in [-0.1, -0.05) is 26.0 Å². The Labute approximate surface area is 155 Å². The van der Waals surface area contributed by atoms with Gasteiger partial charge in [-0.05, 0) is 36.5 Å². The largest absolute Gasteiger partial charge is 0.370 e. The predicted octanol–water partition coefficient (Wildman–Crippen LogP) is 3.17. The second kappa shape index (κ2) is 9.75. The lowest BCUT2D eigenvalue weighted by Crippen LogP contribution is -2.28. The molecule has 0 aromatic heterocycles. The molecule has 2 rings (SSSR count). The number of carbonyl (C=O) groups excluding carboxylic acids is 1. The van der Waals surface area contributed by atoms with Crippen LogP contribution in [-0.2, 0) is 4.79 Å². The summed E-state index contributed by atoms with van der Waals surface area (Å²) in [6.45, 7) is 6.51. The molecule has 1 amide bonds. The minimum Gasteiger partial charge on any atom is -0.370 e. The number of likely N-dealkylation sites (tertiary alicyclic amines) is 1. The van der Waals surface area contributed by atoms with Crippen molar-refractivity contribution in [3.05, 3.63) is 29.8 Å². The Balaban J connectivity index is 0.00000264. The van der Waals surface area contributed by atoms with Crippen molar-refractivity contribution in [2.24, 2.45) is 10.7 Å². The Hall–Kier alpha value is -1.31. The van der Waals surface area contributed by atoms with Crippen LogP contribution in [0, 0.1) is 0 Å². The first kappa shape index (κ1) is 19.7. The van der Waals surface area contributed by atoms with Gasteiger partial charge in [0.15, 0.2) is 5.96 Å². The van der Waals surface area contributed by atoms with Crippen molar-refractivity contribution in [1.82, 2.24) is 4.90 Å². The number of guanidine groups is 1. The number of carbonyl (C=O) groups is 1. The second-order valence-corrected chi connectivity index (χ2v) is 6.01. The van der Waals surface area contributed by atoms with E-state index >= 15 is 0 Å². The van der Waals surface area contributed by atoms with E-state index in [0.29, 0.717) is 24.8 Å². The third-order valence-corrected chi connectivity index (χ3v) is 3.89. The fourth-order valence-corrected chi connectivity index (χ4v) is 2.56. The predicted molar refractivity (Wildman–Crippen MR) is 106 cm³/mol. The molecule has 1 heterocycles. The van der Waals surface area contributed by atoms with Crippen LogP contribution in [0.3, 0.4) is 0 Å². The summed E-state index contributed by atoms with van der Waals surface area (Å²) in [5.41, 5.74) is 8.07. The molecule has 0 radical (unpaired) electrons. The third kappa shape index (κ3) is 6.37. The van der Waals surface area contributed by atoms with Crippen LogP contribution >= 0.6 is 24.0 Å². The number of nitrogens with zero attached hydrogens (tertiary/aromatic N) is 2. The van der Waals surface area contributed by atoms with Crippen LogP contribution in [0.15, 0.2) is 29.3 Å². The van der Waals surface area contributed by atoms with Crippen LogP contribution in [0.2, 0.25) is 0 Å². The molecule has 1 aliphatic heterocycles. The monoisotopic (exact) mass is 430 g/mol. The Morgan fingerprint density at radius 1 is 1.35 bits per heavy atom. The Morgan fingerprint density at radius 3 is 2.70 bits per heavy atom. The van der Waals surface area contributed by atoms with Gasteiger partial charge in [0.1, 0.15) is 0 Å². The van der Waals surface area contributed by atoms with Crippen molar-refractivity contribution in [1.29, 1.82) is 0 Å². The average molecular weight is 430 g/mol. The quantitative estimate of drug-likeness (QED) is 0.428. The maximum atomic E-state index is 11.9. The minimum atomic E-state index is 0. The molecule has 6 heteroatoms. The van der Waals surface area contributed by atoms with Crippen molar-refractivity contribution < 1.29 is 4.79 Å². The van der Waals surface area contributed by atoms with Gasteiger partial charge in [0.2, 0.25) is 5.91 Å². The zero-order valence-corrected chi connectivity index (χ0v) is 16.2.